The molecule has 3 nitrogen and oxygen atoms in total. The van der Waals surface area contributed by atoms with E-state index in [-0.39, 0.29) is 0 Å². The summed E-state index contributed by atoms with van der Waals surface area (Å²) in [7, 11) is 1.80. The Kier molecular flexibility index (Phi) is 3.57. The van der Waals surface area contributed by atoms with E-state index in [1.54, 1.807) is 7.11 Å². The number of piperidine rings is 1. The standard InChI is InChI=1S/C14H22N2O/c1-10-7-8-16(9-13(10)17-3)14-11(2)5-4-6-12(14)15/h4-6,10,13H,7-9,15H2,1-3H3. The Morgan fingerprint density at radius 3 is 2.82 bits per heavy atom. The monoisotopic (exact) mass is 234 g/mol. The van der Waals surface area contributed by atoms with E-state index in [0.717, 1.165) is 25.2 Å². The van der Waals surface area contributed by atoms with Gasteiger partial charge >= 0.3 is 0 Å². The number of benzene rings is 1. The van der Waals surface area contributed by atoms with Crippen LogP contribution in [0.4, 0.5) is 11.4 Å². The van der Waals surface area contributed by atoms with Crippen LogP contribution in [0.25, 0.3) is 0 Å². The number of hydrogen-bond donors (Lipinski definition) is 1. The summed E-state index contributed by atoms with van der Waals surface area (Å²) in [6, 6.07) is 6.10. The maximum Gasteiger partial charge on any atom is 0.0772 e. The van der Waals surface area contributed by atoms with E-state index in [0.29, 0.717) is 12.0 Å². The van der Waals surface area contributed by atoms with Crippen molar-refractivity contribution in [3.8, 4) is 0 Å². The van der Waals surface area contributed by atoms with E-state index in [1.165, 1.54) is 11.3 Å². The molecule has 1 heterocycles. The van der Waals surface area contributed by atoms with Crippen molar-refractivity contribution in [2.75, 3.05) is 30.8 Å². The lowest BCUT2D eigenvalue weighted by molar-refractivity contribution is 0.0498. The van der Waals surface area contributed by atoms with Gasteiger partial charge in [0.25, 0.3) is 0 Å². The third-order valence-electron chi connectivity index (χ3n) is 3.78. The van der Waals surface area contributed by atoms with Gasteiger partial charge in [-0.05, 0) is 30.9 Å². The molecule has 17 heavy (non-hydrogen) atoms. The molecule has 1 aromatic carbocycles. The molecule has 3 heteroatoms. The van der Waals surface area contributed by atoms with Crippen LogP contribution in [0.2, 0.25) is 0 Å². The largest absolute Gasteiger partial charge is 0.397 e. The van der Waals surface area contributed by atoms with Crippen molar-refractivity contribution in [3.63, 3.8) is 0 Å². The summed E-state index contributed by atoms with van der Waals surface area (Å²) in [6.45, 7) is 6.38. The van der Waals surface area contributed by atoms with Crippen molar-refractivity contribution in [2.45, 2.75) is 26.4 Å². The molecule has 0 saturated carbocycles. The van der Waals surface area contributed by atoms with Gasteiger partial charge in [-0.15, -0.1) is 0 Å². The number of rotatable bonds is 2. The average molecular weight is 234 g/mol. The first-order valence-electron chi connectivity index (χ1n) is 6.26. The fraction of sp³-hybridized carbons (Fsp3) is 0.571. The van der Waals surface area contributed by atoms with Gasteiger partial charge in [-0.25, -0.2) is 0 Å². The molecule has 0 aliphatic carbocycles. The summed E-state index contributed by atoms with van der Waals surface area (Å²) in [5.74, 6) is 0.626. The van der Waals surface area contributed by atoms with E-state index in [4.69, 9.17) is 10.5 Å². The predicted molar refractivity (Wildman–Crippen MR) is 72.4 cm³/mol. The van der Waals surface area contributed by atoms with Gasteiger partial charge in [-0.1, -0.05) is 19.1 Å². The van der Waals surface area contributed by atoms with Gasteiger partial charge in [0, 0.05) is 20.2 Å². The lowest BCUT2D eigenvalue weighted by atomic mass is 9.94. The molecular weight excluding hydrogens is 212 g/mol. The topological polar surface area (TPSA) is 38.5 Å². The van der Waals surface area contributed by atoms with Crippen LogP contribution < -0.4 is 10.6 Å². The van der Waals surface area contributed by atoms with Crippen LogP contribution in [-0.2, 0) is 4.74 Å². The average Bonchev–Trinajstić information content (AvgIpc) is 2.31. The molecule has 2 unspecified atom stereocenters. The minimum Gasteiger partial charge on any atom is -0.397 e. The predicted octanol–water partition coefficient (Wildman–Crippen LogP) is 2.44. The number of ether oxygens (including phenoxy) is 1. The summed E-state index contributed by atoms with van der Waals surface area (Å²) in [6.07, 6.45) is 1.47. The number of hydrogen-bond acceptors (Lipinski definition) is 3. The molecule has 2 N–H and O–H groups in total. The van der Waals surface area contributed by atoms with E-state index in [1.807, 2.05) is 12.1 Å². The number of anilines is 2. The van der Waals surface area contributed by atoms with Crippen LogP contribution in [0.15, 0.2) is 18.2 Å². The lowest BCUT2D eigenvalue weighted by Gasteiger charge is -2.38. The van der Waals surface area contributed by atoms with Crippen LogP contribution in [0.3, 0.4) is 0 Å². The maximum absolute atomic E-state index is 6.09. The third-order valence-corrected chi connectivity index (χ3v) is 3.78. The SMILES string of the molecule is COC1CN(c2c(C)cccc2N)CCC1C. The summed E-state index contributed by atoms with van der Waals surface area (Å²) in [5, 5.41) is 0. The molecule has 0 bridgehead atoms. The Morgan fingerprint density at radius 2 is 2.18 bits per heavy atom. The minimum absolute atomic E-state index is 0.308. The van der Waals surface area contributed by atoms with Crippen molar-refractivity contribution in [1.82, 2.24) is 0 Å². The molecule has 1 aliphatic heterocycles. The molecule has 0 spiro atoms. The van der Waals surface area contributed by atoms with Crippen LogP contribution in [-0.4, -0.2) is 26.3 Å². The normalized spacial score (nSPS) is 25.0. The van der Waals surface area contributed by atoms with Gasteiger partial charge in [0.15, 0.2) is 0 Å². The van der Waals surface area contributed by atoms with E-state index >= 15 is 0 Å². The first-order valence-corrected chi connectivity index (χ1v) is 6.26. The molecule has 0 radical (unpaired) electrons. The zero-order valence-electron chi connectivity index (χ0n) is 10.9. The zero-order valence-corrected chi connectivity index (χ0v) is 10.9. The summed E-state index contributed by atoms with van der Waals surface area (Å²) < 4.78 is 5.55. The van der Waals surface area contributed by atoms with E-state index in [9.17, 15) is 0 Å². The van der Waals surface area contributed by atoms with Gasteiger partial charge in [0.05, 0.1) is 17.5 Å². The van der Waals surface area contributed by atoms with Crippen molar-refractivity contribution >= 4 is 11.4 Å². The Labute approximate surface area is 104 Å². The fourth-order valence-corrected chi connectivity index (χ4v) is 2.66. The van der Waals surface area contributed by atoms with Gasteiger partial charge in [0.1, 0.15) is 0 Å². The Bertz CT molecular complexity index is 372. The highest BCUT2D eigenvalue weighted by Crippen LogP contribution is 2.31. The van der Waals surface area contributed by atoms with Gasteiger partial charge < -0.3 is 15.4 Å². The van der Waals surface area contributed by atoms with Crippen LogP contribution in [0, 0.1) is 12.8 Å². The number of para-hydroxylation sites is 1. The number of nitrogens with two attached hydrogens (primary N) is 1. The Morgan fingerprint density at radius 1 is 1.41 bits per heavy atom. The van der Waals surface area contributed by atoms with Crippen molar-refractivity contribution in [1.29, 1.82) is 0 Å². The molecule has 94 valence electrons. The van der Waals surface area contributed by atoms with Gasteiger partial charge in [0.2, 0.25) is 0 Å². The van der Waals surface area contributed by atoms with Crippen molar-refractivity contribution < 1.29 is 4.74 Å². The first-order chi connectivity index (χ1) is 8.13. The lowest BCUT2D eigenvalue weighted by Crippen LogP contribution is -2.44. The number of nitrogen functional groups attached to an aromatic ring is 1. The second kappa shape index (κ2) is 4.96. The molecule has 2 atom stereocenters. The third kappa shape index (κ3) is 2.39. The summed E-state index contributed by atoms with van der Waals surface area (Å²) >= 11 is 0. The molecule has 1 fully saturated rings. The number of aryl methyl sites for hydroxylation is 1. The van der Waals surface area contributed by atoms with Crippen LogP contribution in [0.5, 0.6) is 0 Å². The molecule has 2 rings (SSSR count). The molecule has 0 aromatic heterocycles. The highest BCUT2D eigenvalue weighted by molar-refractivity contribution is 5.71. The van der Waals surface area contributed by atoms with Gasteiger partial charge in [-0.3, -0.25) is 0 Å². The van der Waals surface area contributed by atoms with E-state index < -0.39 is 0 Å². The zero-order chi connectivity index (χ0) is 12.4. The molecule has 1 aliphatic rings. The Balaban J connectivity index is 2.23. The fourth-order valence-electron chi connectivity index (χ4n) is 2.66. The highest BCUT2D eigenvalue weighted by Gasteiger charge is 2.27. The van der Waals surface area contributed by atoms with Crippen molar-refractivity contribution in [2.24, 2.45) is 5.92 Å². The Hall–Kier alpha value is -1.22. The summed E-state index contributed by atoms with van der Waals surface area (Å²) in [5.41, 5.74) is 9.39. The molecule has 1 saturated heterocycles. The van der Waals surface area contributed by atoms with Crippen molar-refractivity contribution in [3.05, 3.63) is 23.8 Å². The molecular formula is C14H22N2O. The first kappa shape index (κ1) is 12.2. The molecule has 0 amide bonds. The minimum atomic E-state index is 0.308. The molecule has 1 aromatic rings. The van der Waals surface area contributed by atoms with Crippen LogP contribution >= 0.6 is 0 Å². The van der Waals surface area contributed by atoms with E-state index in [2.05, 4.69) is 24.8 Å². The highest BCUT2D eigenvalue weighted by atomic mass is 16.5. The second-order valence-corrected chi connectivity index (χ2v) is 5.00. The summed E-state index contributed by atoms with van der Waals surface area (Å²) in [4.78, 5) is 2.36. The number of methoxy groups -OCH3 is 1. The van der Waals surface area contributed by atoms with Gasteiger partial charge in [-0.2, -0.15) is 0 Å². The number of nitrogens with zero attached hydrogens (tertiary/aromatic N) is 1. The quantitative estimate of drug-likeness (QED) is 0.799. The smallest absolute Gasteiger partial charge is 0.0772 e. The van der Waals surface area contributed by atoms with Crippen LogP contribution in [0.1, 0.15) is 18.9 Å². The maximum atomic E-state index is 6.09. The second-order valence-electron chi connectivity index (χ2n) is 5.00.